The van der Waals surface area contributed by atoms with Crippen LogP contribution in [-0.2, 0) is 4.79 Å². The average molecular weight is 367 g/mol. The molecule has 1 unspecified atom stereocenters. The molecule has 0 heterocycles. The van der Waals surface area contributed by atoms with Crippen molar-refractivity contribution in [2.75, 3.05) is 13.1 Å². The van der Waals surface area contributed by atoms with Crippen molar-refractivity contribution in [2.24, 2.45) is 11.7 Å². The standard InChI is InChI=1S/C19H27F2N3O2/c20-14-8-9-15(16(21)11-14)19(26)23-10-4-7-18(25)24-17(12-22)13-5-2-1-3-6-13/h8-9,11,13,17H,1-7,10,12,22H2,(H,23,26)(H,24,25). The smallest absolute Gasteiger partial charge is 0.254 e. The Hall–Kier alpha value is -2.02. The molecule has 0 aromatic heterocycles. The highest BCUT2D eigenvalue weighted by Gasteiger charge is 2.23. The first-order valence-corrected chi connectivity index (χ1v) is 9.24. The lowest BCUT2D eigenvalue weighted by molar-refractivity contribution is -0.122. The van der Waals surface area contributed by atoms with Gasteiger partial charge >= 0.3 is 0 Å². The topological polar surface area (TPSA) is 84.2 Å². The predicted octanol–water partition coefficient (Wildman–Crippen LogP) is 2.50. The summed E-state index contributed by atoms with van der Waals surface area (Å²) < 4.78 is 26.4. The Bertz CT molecular complexity index is 619. The molecule has 1 aromatic carbocycles. The molecule has 2 rings (SSSR count). The van der Waals surface area contributed by atoms with Crippen molar-refractivity contribution in [3.63, 3.8) is 0 Å². The third-order valence-corrected chi connectivity index (χ3v) is 4.86. The van der Waals surface area contributed by atoms with E-state index >= 15 is 0 Å². The molecule has 2 amide bonds. The van der Waals surface area contributed by atoms with E-state index in [1.807, 2.05) is 0 Å². The van der Waals surface area contributed by atoms with Crippen LogP contribution in [0.25, 0.3) is 0 Å². The Morgan fingerprint density at radius 2 is 1.92 bits per heavy atom. The Morgan fingerprint density at radius 3 is 2.58 bits per heavy atom. The third kappa shape index (κ3) is 6.05. The molecule has 1 fully saturated rings. The zero-order valence-electron chi connectivity index (χ0n) is 14.9. The van der Waals surface area contributed by atoms with Crippen molar-refractivity contribution in [3.05, 3.63) is 35.4 Å². The van der Waals surface area contributed by atoms with E-state index in [0.29, 0.717) is 24.9 Å². The molecule has 1 atom stereocenters. The maximum absolute atomic E-state index is 13.5. The summed E-state index contributed by atoms with van der Waals surface area (Å²) in [6, 6.07) is 2.80. The number of hydrogen-bond donors (Lipinski definition) is 3. The molecule has 144 valence electrons. The van der Waals surface area contributed by atoms with Crippen LogP contribution in [0.1, 0.15) is 55.3 Å². The summed E-state index contributed by atoms with van der Waals surface area (Å²) >= 11 is 0. The number of carbonyl (C=O) groups excluding carboxylic acids is 2. The molecule has 0 radical (unpaired) electrons. The first-order chi connectivity index (χ1) is 12.5. The second-order valence-corrected chi connectivity index (χ2v) is 6.79. The molecule has 1 aliphatic carbocycles. The van der Waals surface area contributed by atoms with Crippen LogP contribution in [-0.4, -0.2) is 30.9 Å². The fourth-order valence-corrected chi connectivity index (χ4v) is 3.40. The normalized spacial score (nSPS) is 16.1. The van der Waals surface area contributed by atoms with Gasteiger partial charge in [0.05, 0.1) is 5.56 Å². The maximum atomic E-state index is 13.5. The van der Waals surface area contributed by atoms with Gasteiger partial charge in [0.15, 0.2) is 0 Å². The predicted molar refractivity (Wildman–Crippen MR) is 95.5 cm³/mol. The molecule has 0 spiro atoms. The number of carbonyl (C=O) groups is 2. The van der Waals surface area contributed by atoms with Crippen LogP contribution in [0.3, 0.4) is 0 Å². The van der Waals surface area contributed by atoms with Gasteiger partial charge in [0.1, 0.15) is 11.6 Å². The fraction of sp³-hybridized carbons (Fsp3) is 0.579. The Morgan fingerprint density at radius 1 is 1.19 bits per heavy atom. The first kappa shape index (κ1) is 20.3. The van der Waals surface area contributed by atoms with Crippen molar-refractivity contribution in [1.82, 2.24) is 10.6 Å². The van der Waals surface area contributed by atoms with Gasteiger partial charge in [-0.15, -0.1) is 0 Å². The van der Waals surface area contributed by atoms with Crippen molar-refractivity contribution in [3.8, 4) is 0 Å². The van der Waals surface area contributed by atoms with Gasteiger partial charge in [-0.3, -0.25) is 9.59 Å². The van der Waals surface area contributed by atoms with E-state index < -0.39 is 17.5 Å². The van der Waals surface area contributed by atoms with Crippen molar-refractivity contribution in [2.45, 2.75) is 51.0 Å². The molecule has 0 aliphatic heterocycles. The highest BCUT2D eigenvalue weighted by atomic mass is 19.1. The Kier molecular flexibility index (Phi) is 7.97. The van der Waals surface area contributed by atoms with E-state index in [0.717, 1.165) is 25.0 Å². The zero-order chi connectivity index (χ0) is 18.9. The molecule has 0 bridgehead atoms. The SMILES string of the molecule is NCC(NC(=O)CCCNC(=O)c1ccc(F)cc1F)C1CCCCC1. The molecule has 4 N–H and O–H groups in total. The van der Waals surface area contributed by atoms with Gasteiger partial charge in [-0.1, -0.05) is 19.3 Å². The van der Waals surface area contributed by atoms with E-state index in [4.69, 9.17) is 5.73 Å². The lowest BCUT2D eigenvalue weighted by atomic mass is 9.84. The first-order valence-electron chi connectivity index (χ1n) is 9.24. The molecule has 1 aromatic rings. The largest absolute Gasteiger partial charge is 0.352 e. The number of nitrogens with two attached hydrogens (primary N) is 1. The molecular formula is C19H27F2N3O2. The molecule has 7 heteroatoms. The van der Waals surface area contributed by atoms with E-state index in [1.165, 1.54) is 19.3 Å². The molecule has 5 nitrogen and oxygen atoms in total. The summed E-state index contributed by atoms with van der Waals surface area (Å²) in [7, 11) is 0. The minimum Gasteiger partial charge on any atom is -0.352 e. The molecule has 1 aliphatic rings. The molecular weight excluding hydrogens is 340 g/mol. The lowest BCUT2D eigenvalue weighted by Gasteiger charge is -2.30. The summed E-state index contributed by atoms with van der Waals surface area (Å²) in [6.45, 7) is 0.663. The van der Waals surface area contributed by atoms with Crippen LogP contribution in [0.5, 0.6) is 0 Å². The minimum atomic E-state index is -0.904. The van der Waals surface area contributed by atoms with Gasteiger partial charge in [0.2, 0.25) is 5.91 Å². The third-order valence-electron chi connectivity index (χ3n) is 4.86. The Labute approximate surface area is 152 Å². The van der Waals surface area contributed by atoms with Crippen molar-refractivity contribution >= 4 is 11.8 Å². The van der Waals surface area contributed by atoms with E-state index in [-0.39, 0.29) is 30.5 Å². The number of hydrogen-bond acceptors (Lipinski definition) is 3. The summed E-state index contributed by atoms with van der Waals surface area (Å²) in [4.78, 5) is 23.9. The van der Waals surface area contributed by atoms with Gasteiger partial charge in [0, 0.05) is 31.6 Å². The number of amides is 2. The van der Waals surface area contributed by atoms with Crippen molar-refractivity contribution < 1.29 is 18.4 Å². The summed E-state index contributed by atoms with van der Waals surface area (Å²) in [5, 5.41) is 5.53. The van der Waals surface area contributed by atoms with E-state index in [2.05, 4.69) is 10.6 Å². The van der Waals surface area contributed by atoms with Crippen LogP contribution in [0, 0.1) is 17.6 Å². The van der Waals surface area contributed by atoms with Gasteiger partial charge in [0.25, 0.3) is 5.91 Å². The van der Waals surface area contributed by atoms with Gasteiger partial charge in [-0.05, 0) is 37.3 Å². The molecule has 1 saturated carbocycles. The van der Waals surface area contributed by atoms with Crippen LogP contribution in [0.2, 0.25) is 0 Å². The number of nitrogens with one attached hydrogen (secondary N) is 2. The van der Waals surface area contributed by atoms with Crippen LogP contribution >= 0.6 is 0 Å². The summed E-state index contributed by atoms with van der Waals surface area (Å²) in [5.74, 6) is -1.90. The summed E-state index contributed by atoms with van der Waals surface area (Å²) in [5.41, 5.74) is 5.59. The van der Waals surface area contributed by atoms with Crippen LogP contribution in [0.15, 0.2) is 18.2 Å². The average Bonchev–Trinajstić information content (AvgIpc) is 2.63. The van der Waals surface area contributed by atoms with Crippen LogP contribution in [0.4, 0.5) is 8.78 Å². The van der Waals surface area contributed by atoms with Gasteiger partial charge < -0.3 is 16.4 Å². The van der Waals surface area contributed by atoms with E-state index in [9.17, 15) is 18.4 Å². The van der Waals surface area contributed by atoms with E-state index in [1.54, 1.807) is 0 Å². The molecule has 26 heavy (non-hydrogen) atoms. The monoisotopic (exact) mass is 367 g/mol. The fourth-order valence-electron chi connectivity index (χ4n) is 3.40. The number of benzene rings is 1. The molecule has 0 saturated heterocycles. The second-order valence-electron chi connectivity index (χ2n) is 6.79. The maximum Gasteiger partial charge on any atom is 0.254 e. The zero-order valence-corrected chi connectivity index (χ0v) is 14.9. The lowest BCUT2D eigenvalue weighted by Crippen LogP contribution is -2.46. The van der Waals surface area contributed by atoms with Gasteiger partial charge in [-0.25, -0.2) is 8.78 Å². The van der Waals surface area contributed by atoms with Gasteiger partial charge in [-0.2, -0.15) is 0 Å². The second kappa shape index (κ2) is 10.2. The van der Waals surface area contributed by atoms with Crippen LogP contribution < -0.4 is 16.4 Å². The van der Waals surface area contributed by atoms with Crippen molar-refractivity contribution in [1.29, 1.82) is 0 Å². The number of halogens is 2. The quantitative estimate of drug-likeness (QED) is 0.617. The highest BCUT2D eigenvalue weighted by Crippen LogP contribution is 2.26. The summed E-state index contributed by atoms with van der Waals surface area (Å²) in [6.07, 6.45) is 6.50. The minimum absolute atomic E-state index is 0.00528. The highest BCUT2D eigenvalue weighted by molar-refractivity contribution is 5.94. The Balaban J connectivity index is 1.69. The number of rotatable bonds is 8.